The van der Waals surface area contributed by atoms with E-state index in [4.69, 9.17) is 8.94 Å². The lowest BCUT2D eigenvalue weighted by atomic mass is 10.2. The average Bonchev–Trinajstić information content (AvgIpc) is 3.56. The van der Waals surface area contributed by atoms with Crippen molar-refractivity contribution in [3.05, 3.63) is 102 Å². The molecular formula is C27H24N4O5S. The Morgan fingerprint density at radius 3 is 2.38 bits per heavy atom. The fourth-order valence-corrected chi connectivity index (χ4v) is 4.05. The molecule has 3 amide bonds. The number of carbonyl (C=O) groups excluding carboxylic acids is 3. The van der Waals surface area contributed by atoms with Crippen LogP contribution in [-0.4, -0.2) is 28.1 Å². The maximum atomic E-state index is 13.0. The van der Waals surface area contributed by atoms with Gasteiger partial charge in [0.25, 0.3) is 11.8 Å². The van der Waals surface area contributed by atoms with E-state index in [1.807, 2.05) is 0 Å². The molecule has 0 radical (unpaired) electrons. The highest BCUT2D eigenvalue weighted by Gasteiger charge is 2.18. The van der Waals surface area contributed by atoms with Crippen molar-refractivity contribution in [3.63, 3.8) is 0 Å². The summed E-state index contributed by atoms with van der Waals surface area (Å²) in [5.41, 5.74) is 0.957. The summed E-state index contributed by atoms with van der Waals surface area (Å²) in [6.07, 6.45) is 2.93. The molecule has 0 saturated carbocycles. The number of anilines is 2. The molecule has 10 heteroatoms. The van der Waals surface area contributed by atoms with E-state index in [0.717, 1.165) is 4.90 Å². The first kappa shape index (κ1) is 25.5. The van der Waals surface area contributed by atoms with Gasteiger partial charge < -0.3 is 24.9 Å². The van der Waals surface area contributed by atoms with Crippen LogP contribution >= 0.6 is 11.8 Å². The smallest absolute Gasteiger partial charge is 0.272 e. The quantitative estimate of drug-likeness (QED) is 0.209. The highest BCUT2D eigenvalue weighted by molar-refractivity contribution is 8.00. The summed E-state index contributed by atoms with van der Waals surface area (Å²) in [6.45, 7) is 3.53. The molecule has 0 aliphatic heterocycles. The number of aromatic nitrogens is 1. The third-order valence-corrected chi connectivity index (χ3v) is 6.14. The highest BCUT2D eigenvalue weighted by Crippen LogP contribution is 2.26. The van der Waals surface area contributed by atoms with Crippen molar-refractivity contribution in [2.45, 2.75) is 24.0 Å². The number of hydrogen-bond donors (Lipinski definition) is 3. The molecule has 0 aliphatic rings. The van der Waals surface area contributed by atoms with E-state index < -0.39 is 17.1 Å². The molecule has 0 aliphatic carbocycles. The number of thioether (sulfide) groups is 1. The number of carbonyl (C=O) groups is 3. The number of furan rings is 1. The van der Waals surface area contributed by atoms with E-state index in [9.17, 15) is 14.4 Å². The van der Waals surface area contributed by atoms with Crippen molar-refractivity contribution in [1.82, 2.24) is 10.5 Å². The van der Waals surface area contributed by atoms with Gasteiger partial charge in [0.05, 0.1) is 11.5 Å². The van der Waals surface area contributed by atoms with Crippen LogP contribution in [0.3, 0.4) is 0 Å². The van der Waals surface area contributed by atoms with E-state index >= 15 is 0 Å². The van der Waals surface area contributed by atoms with Crippen molar-refractivity contribution >= 4 is 47.1 Å². The molecule has 3 N–H and O–H groups in total. The van der Waals surface area contributed by atoms with Crippen molar-refractivity contribution in [2.24, 2.45) is 0 Å². The van der Waals surface area contributed by atoms with Crippen LogP contribution in [0.4, 0.5) is 11.5 Å². The van der Waals surface area contributed by atoms with Crippen molar-refractivity contribution in [3.8, 4) is 0 Å². The van der Waals surface area contributed by atoms with Gasteiger partial charge in [-0.15, -0.1) is 11.8 Å². The number of nitrogens with zero attached hydrogens (tertiary/aromatic N) is 1. The second kappa shape index (κ2) is 11.9. The predicted octanol–water partition coefficient (Wildman–Crippen LogP) is 5.10. The van der Waals surface area contributed by atoms with Gasteiger partial charge in [0.1, 0.15) is 17.2 Å². The van der Waals surface area contributed by atoms with Crippen LogP contribution in [0.5, 0.6) is 0 Å². The summed E-state index contributed by atoms with van der Waals surface area (Å²) in [7, 11) is 0. The molecule has 4 aromatic rings. The van der Waals surface area contributed by atoms with Gasteiger partial charge in [-0.3, -0.25) is 14.4 Å². The Balaban J connectivity index is 1.39. The summed E-state index contributed by atoms with van der Waals surface area (Å²) in [5.74, 6) is 0.238. The lowest BCUT2D eigenvalue weighted by molar-refractivity contribution is -0.115. The van der Waals surface area contributed by atoms with Crippen molar-refractivity contribution in [2.75, 3.05) is 10.6 Å². The molecule has 37 heavy (non-hydrogen) atoms. The maximum absolute atomic E-state index is 13.0. The molecule has 2 aromatic carbocycles. The lowest BCUT2D eigenvalue weighted by Crippen LogP contribution is -2.30. The Hall–Kier alpha value is -4.57. The van der Waals surface area contributed by atoms with Crippen LogP contribution in [-0.2, 0) is 9.59 Å². The molecule has 0 spiro atoms. The molecule has 2 heterocycles. The minimum Gasteiger partial charge on any atom is -0.465 e. The Kier molecular flexibility index (Phi) is 8.22. The molecule has 2 aromatic heterocycles. The van der Waals surface area contributed by atoms with Gasteiger partial charge in [0.15, 0.2) is 5.82 Å². The Morgan fingerprint density at radius 1 is 0.973 bits per heavy atom. The predicted molar refractivity (Wildman–Crippen MR) is 141 cm³/mol. The first-order valence-electron chi connectivity index (χ1n) is 11.3. The standard InChI is InChI=1S/C27H24N4O5S/c1-17-15-24(31-36-17)30-25(32)18(2)37-22-12-10-20(11-13-22)28-27(34)23(16-21-9-6-14-35-21)29-26(33)19-7-4-3-5-8-19/h3-16,18H,1-2H3,(H,28,34)(H,29,33)(H,30,31,32)/b23-16-. The molecule has 1 unspecified atom stereocenters. The normalized spacial score (nSPS) is 12.0. The molecule has 0 fully saturated rings. The van der Waals surface area contributed by atoms with Gasteiger partial charge in [-0.1, -0.05) is 23.4 Å². The molecule has 188 valence electrons. The third kappa shape index (κ3) is 7.21. The van der Waals surface area contributed by atoms with Gasteiger partial charge in [0, 0.05) is 28.3 Å². The summed E-state index contributed by atoms with van der Waals surface area (Å²) >= 11 is 1.36. The fraction of sp³-hybridized carbons (Fsp3) is 0.111. The Bertz CT molecular complexity index is 1400. The minimum absolute atomic E-state index is 0.0237. The van der Waals surface area contributed by atoms with Crippen LogP contribution in [0.25, 0.3) is 6.08 Å². The number of amides is 3. The molecule has 4 rings (SSSR count). The molecule has 0 bridgehead atoms. The summed E-state index contributed by atoms with van der Waals surface area (Å²) in [5, 5.41) is 11.5. The largest absolute Gasteiger partial charge is 0.465 e. The zero-order chi connectivity index (χ0) is 26.2. The monoisotopic (exact) mass is 516 g/mol. The van der Waals surface area contributed by atoms with Crippen LogP contribution in [0.2, 0.25) is 0 Å². The first-order chi connectivity index (χ1) is 17.9. The Labute approximate surface area is 217 Å². The minimum atomic E-state index is -0.517. The molecule has 9 nitrogen and oxygen atoms in total. The van der Waals surface area contributed by atoms with E-state index in [1.54, 1.807) is 86.6 Å². The molecule has 0 saturated heterocycles. The van der Waals surface area contributed by atoms with Gasteiger partial charge in [-0.25, -0.2) is 0 Å². The zero-order valence-electron chi connectivity index (χ0n) is 20.1. The summed E-state index contributed by atoms with van der Waals surface area (Å²) < 4.78 is 10.3. The van der Waals surface area contributed by atoms with Gasteiger partial charge in [-0.2, -0.15) is 0 Å². The van der Waals surface area contributed by atoms with Crippen LogP contribution in [0, 0.1) is 6.92 Å². The number of rotatable bonds is 9. The zero-order valence-corrected chi connectivity index (χ0v) is 20.9. The van der Waals surface area contributed by atoms with Crippen LogP contribution in [0.1, 0.15) is 28.8 Å². The number of hydrogen-bond acceptors (Lipinski definition) is 7. The topological polar surface area (TPSA) is 126 Å². The van der Waals surface area contributed by atoms with Crippen molar-refractivity contribution in [1.29, 1.82) is 0 Å². The van der Waals surface area contributed by atoms with Gasteiger partial charge in [0.2, 0.25) is 5.91 Å². The van der Waals surface area contributed by atoms with Gasteiger partial charge in [-0.05, 0) is 62.4 Å². The second-order valence-electron chi connectivity index (χ2n) is 7.94. The third-order valence-electron chi connectivity index (χ3n) is 5.03. The Morgan fingerprint density at radius 2 is 1.73 bits per heavy atom. The molecular weight excluding hydrogens is 492 g/mol. The fourth-order valence-electron chi connectivity index (χ4n) is 3.18. The van der Waals surface area contributed by atoms with Gasteiger partial charge >= 0.3 is 0 Å². The summed E-state index contributed by atoms with van der Waals surface area (Å²) in [4.78, 5) is 38.9. The highest BCUT2D eigenvalue weighted by atomic mass is 32.2. The van der Waals surface area contributed by atoms with Crippen molar-refractivity contribution < 1.29 is 23.3 Å². The van der Waals surface area contributed by atoms with E-state index in [1.165, 1.54) is 24.1 Å². The lowest BCUT2D eigenvalue weighted by Gasteiger charge is -2.12. The van der Waals surface area contributed by atoms with E-state index in [2.05, 4.69) is 21.1 Å². The first-order valence-corrected chi connectivity index (χ1v) is 12.2. The molecule has 1 atom stereocenters. The van der Waals surface area contributed by atoms with Crippen LogP contribution < -0.4 is 16.0 Å². The number of aryl methyl sites for hydroxylation is 1. The SMILES string of the molecule is Cc1cc(NC(=O)C(C)Sc2ccc(NC(=O)/C(=C/c3ccco3)NC(=O)c3ccccc3)cc2)no1. The van der Waals surface area contributed by atoms with Crippen LogP contribution in [0.15, 0.2) is 98.6 Å². The van der Waals surface area contributed by atoms with E-state index in [0.29, 0.717) is 28.6 Å². The summed E-state index contributed by atoms with van der Waals surface area (Å²) in [6, 6.07) is 20.6. The second-order valence-corrected chi connectivity index (χ2v) is 9.36. The number of nitrogens with one attached hydrogen (secondary N) is 3. The van der Waals surface area contributed by atoms with E-state index in [-0.39, 0.29) is 11.6 Å². The maximum Gasteiger partial charge on any atom is 0.272 e. The average molecular weight is 517 g/mol. The number of benzene rings is 2.